The van der Waals surface area contributed by atoms with E-state index >= 15 is 0 Å². The highest BCUT2D eigenvalue weighted by molar-refractivity contribution is 5.81. The standard InChI is InChI=1S/C15H18O4/c1-15(2)11-4-3-8(16)5-10(11)14-12(18)6-9(17)7-13(14)19-15/h6-7,10-11,17-18H,3-5H2,1-2H3/t10?,11-/m1/s1. The van der Waals surface area contributed by atoms with E-state index in [2.05, 4.69) is 0 Å². The van der Waals surface area contributed by atoms with Gasteiger partial charge in [0, 0.05) is 42.4 Å². The first-order chi connectivity index (χ1) is 8.88. The van der Waals surface area contributed by atoms with Gasteiger partial charge < -0.3 is 14.9 Å². The van der Waals surface area contributed by atoms with Crippen molar-refractivity contribution < 1.29 is 19.7 Å². The maximum atomic E-state index is 11.7. The van der Waals surface area contributed by atoms with Crippen LogP contribution in [0.2, 0.25) is 0 Å². The number of ketones is 1. The Balaban J connectivity index is 2.15. The van der Waals surface area contributed by atoms with Crippen LogP contribution >= 0.6 is 0 Å². The minimum atomic E-state index is -0.390. The zero-order valence-corrected chi connectivity index (χ0v) is 11.1. The molecule has 1 aromatic carbocycles. The zero-order chi connectivity index (χ0) is 13.8. The summed E-state index contributed by atoms with van der Waals surface area (Å²) in [5.74, 6) is 0.937. The summed E-state index contributed by atoms with van der Waals surface area (Å²) in [5.41, 5.74) is 0.286. The number of Topliss-reactive ketones (excluding diaryl/α,β-unsaturated/α-hetero) is 1. The molecule has 2 atom stereocenters. The Morgan fingerprint density at radius 1 is 1.32 bits per heavy atom. The maximum Gasteiger partial charge on any atom is 0.133 e. The normalized spacial score (nSPS) is 28.2. The van der Waals surface area contributed by atoms with E-state index in [1.54, 1.807) is 0 Å². The fourth-order valence-corrected chi connectivity index (χ4v) is 3.56. The molecule has 1 fully saturated rings. The third-order valence-corrected chi connectivity index (χ3v) is 4.41. The van der Waals surface area contributed by atoms with E-state index in [4.69, 9.17) is 4.74 Å². The second-order valence-electron chi connectivity index (χ2n) is 6.08. The second kappa shape index (κ2) is 3.89. The predicted octanol–water partition coefficient (Wildman–Crippen LogP) is 2.72. The van der Waals surface area contributed by atoms with Crippen LogP contribution in [0.4, 0.5) is 0 Å². The van der Waals surface area contributed by atoms with Crippen molar-refractivity contribution in [3.05, 3.63) is 17.7 Å². The van der Waals surface area contributed by atoms with Gasteiger partial charge in [-0.3, -0.25) is 4.79 Å². The molecule has 102 valence electrons. The number of benzene rings is 1. The largest absolute Gasteiger partial charge is 0.508 e. The van der Waals surface area contributed by atoms with Crippen molar-refractivity contribution in [1.29, 1.82) is 0 Å². The number of phenolic OH excluding ortho intramolecular Hbond substituents is 2. The lowest BCUT2D eigenvalue weighted by Gasteiger charge is -2.47. The Hall–Kier alpha value is -1.71. The minimum absolute atomic E-state index is 0.0133. The highest BCUT2D eigenvalue weighted by Gasteiger charge is 2.47. The highest BCUT2D eigenvalue weighted by Crippen LogP contribution is 2.54. The van der Waals surface area contributed by atoms with E-state index in [1.165, 1.54) is 12.1 Å². The molecular weight excluding hydrogens is 244 g/mol. The molecule has 4 heteroatoms. The number of carbonyl (C=O) groups excluding carboxylic acids is 1. The van der Waals surface area contributed by atoms with Crippen LogP contribution in [0.1, 0.15) is 44.6 Å². The molecule has 1 aliphatic carbocycles. The molecule has 1 saturated carbocycles. The summed E-state index contributed by atoms with van der Waals surface area (Å²) in [6, 6.07) is 2.84. The van der Waals surface area contributed by atoms with E-state index in [0.717, 1.165) is 6.42 Å². The lowest BCUT2D eigenvalue weighted by atomic mass is 9.66. The summed E-state index contributed by atoms with van der Waals surface area (Å²) < 4.78 is 5.95. The van der Waals surface area contributed by atoms with Gasteiger partial charge in [-0.25, -0.2) is 0 Å². The number of hydrogen-bond donors (Lipinski definition) is 2. The first-order valence-electron chi connectivity index (χ1n) is 6.65. The number of phenols is 2. The summed E-state index contributed by atoms with van der Waals surface area (Å²) in [4.78, 5) is 11.7. The van der Waals surface area contributed by atoms with E-state index in [0.29, 0.717) is 24.2 Å². The summed E-state index contributed by atoms with van der Waals surface area (Å²) in [6.07, 6.45) is 1.82. The van der Waals surface area contributed by atoms with Crippen LogP contribution in [0.5, 0.6) is 17.2 Å². The SMILES string of the molecule is CC1(C)Oc2cc(O)cc(O)c2C2CC(=O)CC[C@H]21. The summed E-state index contributed by atoms with van der Waals surface area (Å²) in [5, 5.41) is 19.7. The molecule has 0 radical (unpaired) electrons. The molecule has 0 aromatic heterocycles. The minimum Gasteiger partial charge on any atom is -0.508 e. The first-order valence-corrected chi connectivity index (χ1v) is 6.65. The van der Waals surface area contributed by atoms with E-state index in [-0.39, 0.29) is 29.1 Å². The zero-order valence-electron chi connectivity index (χ0n) is 11.1. The van der Waals surface area contributed by atoms with Crippen LogP contribution in [0.15, 0.2) is 12.1 Å². The maximum absolute atomic E-state index is 11.7. The lowest BCUT2D eigenvalue weighted by Crippen LogP contribution is -2.46. The van der Waals surface area contributed by atoms with Crippen LogP contribution < -0.4 is 4.74 Å². The Morgan fingerprint density at radius 3 is 2.79 bits per heavy atom. The van der Waals surface area contributed by atoms with Gasteiger partial charge in [0.1, 0.15) is 28.6 Å². The molecule has 1 aromatic rings. The summed E-state index contributed by atoms with van der Waals surface area (Å²) >= 11 is 0. The van der Waals surface area contributed by atoms with Crippen molar-refractivity contribution in [3.63, 3.8) is 0 Å². The lowest BCUT2D eigenvalue weighted by molar-refractivity contribution is -0.124. The molecule has 4 nitrogen and oxygen atoms in total. The van der Waals surface area contributed by atoms with Crippen molar-refractivity contribution in [2.45, 2.75) is 44.6 Å². The van der Waals surface area contributed by atoms with Crippen molar-refractivity contribution in [2.75, 3.05) is 0 Å². The molecule has 2 aliphatic rings. The quantitative estimate of drug-likeness (QED) is 0.754. The Morgan fingerprint density at radius 2 is 2.05 bits per heavy atom. The average molecular weight is 262 g/mol. The van der Waals surface area contributed by atoms with Gasteiger partial charge in [0.2, 0.25) is 0 Å². The van der Waals surface area contributed by atoms with Crippen LogP contribution in [0, 0.1) is 5.92 Å². The molecule has 2 N–H and O–H groups in total. The molecule has 1 unspecified atom stereocenters. The number of aromatic hydroxyl groups is 2. The summed E-state index contributed by atoms with van der Waals surface area (Å²) in [6.45, 7) is 4.01. The fourth-order valence-electron chi connectivity index (χ4n) is 3.56. The van der Waals surface area contributed by atoms with E-state index in [1.807, 2.05) is 13.8 Å². The van der Waals surface area contributed by atoms with E-state index < -0.39 is 5.60 Å². The van der Waals surface area contributed by atoms with Crippen molar-refractivity contribution >= 4 is 5.78 Å². The number of carbonyl (C=O) groups is 1. The van der Waals surface area contributed by atoms with Crippen molar-refractivity contribution in [2.24, 2.45) is 5.92 Å². The van der Waals surface area contributed by atoms with Gasteiger partial charge >= 0.3 is 0 Å². The van der Waals surface area contributed by atoms with Gasteiger partial charge in [-0.1, -0.05) is 0 Å². The van der Waals surface area contributed by atoms with Gasteiger partial charge in [0.15, 0.2) is 0 Å². The van der Waals surface area contributed by atoms with Crippen LogP contribution in [-0.2, 0) is 4.79 Å². The molecule has 0 saturated heterocycles. The van der Waals surface area contributed by atoms with Gasteiger partial charge in [-0.15, -0.1) is 0 Å². The average Bonchev–Trinajstić information content (AvgIpc) is 2.25. The van der Waals surface area contributed by atoms with Crippen LogP contribution in [0.25, 0.3) is 0 Å². The van der Waals surface area contributed by atoms with Crippen LogP contribution in [-0.4, -0.2) is 21.6 Å². The highest BCUT2D eigenvalue weighted by atomic mass is 16.5. The Labute approximate surface area is 112 Å². The monoisotopic (exact) mass is 262 g/mol. The smallest absolute Gasteiger partial charge is 0.133 e. The van der Waals surface area contributed by atoms with Crippen molar-refractivity contribution in [3.8, 4) is 17.2 Å². The Bertz CT molecular complexity index is 547. The third kappa shape index (κ3) is 1.86. The van der Waals surface area contributed by atoms with Crippen LogP contribution in [0.3, 0.4) is 0 Å². The number of rotatable bonds is 0. The van der Waals surface area contributed by atoms with Gasteiger partial charge in [0.25, 0.3) is 0 Å². The van der Waals surface area contributed by atoms with Gasteiger partial charge in [-0.2, -0.15) is 0 Å². The third-order valence-electron chi connectivity index (χ3n) is 4.41. The molecular formula is C15H18O4. The topological polar surface area (TPSA) is 66.8 Å². The number of fused-ring (bicyclic) bond motifs is 3. The molecule has 1 aliphatic heterocycles. The second-order valence-corrected chi connectivity index (χ2v) is 6.08. The fraction of sp³-hybridized carbons (Fsp3) is 0.533. The van der Waals surface area contributed by atoms with Gasteiger partial charge in [-0.05, 0) is 20.3 Å². The predicted molar refractivity (Wildman–Crippen MR) is 69.6 cm³/mol. The molecule has 0 amide bonds. The number of ether oxygens (including phenoxy) is 1. The Kier molecular flexibility index (Phi) is 2.52. The molecule has 19 heavy (non-hydrogen) atoms. The first kappa shape index (κ1) is 12.3. The molecule has 3 rings (SSSR count). The van der Waals surface area contributed by atoms with E-state index in [9.17, 15) is 15.0 Å². The summed E-state index contributed by atoms with van der Waals surface area (Å²) in [7, 11) is 0. The molecule has 0 bridgehead atoms. The molecule has 1 heterocycles. The van der Waals surface area contributed by atoms with Gasteiger partial charge in [0.05, 0.1) is 0 Å². The number of hydrogen-bond acceptors (Lipinski definition) is 4. The van der Waals surface area contributed by atoms with Crippen molar-refractivity contribution in [1.82, 2.24) is 0 Å². The molecule has 0 spiro atoms.